The van der Waals surface area contributed by atoms with Gasteiger partial charge in [0.2, 0.25) is 0 Å². The number of hydrogen-bond acceptors (Lipinski definition) is 3. The van der Waals surface area contributed by atoms with Crippen LogP contribution >= 0.6 is 0 Å². The minimum absolute atomic E-state index is 0.267. The lowest BCUT2D eigenvalue weighted by Crippen LogP contribution is -2.51. The molecule has 0 saturated heterocycles. The van der Waals surface area contributed by atoms with Gasteiger partial charge in [-0.1, -0.05) is 0 Å². The summed E-state index contributed by atoms with van der Waals surface area (Å²) in [4.78, 5) is 23.0. The predicted octanol–water partition coefficient (Wildman–Crippen LogP) is 1.67. The number of nitrogens with one attached hydrogen (secondary N) is 2. The molecular weight excluding hydrogens is 220 g/mol. The number of carbonyl (C=O) groups excluding carboxylic acids is 2. The van der Waals surface area contributed by atoms with Crippen molar-refractivity contribution in [3.63, 3.8) is 0 Å². The third kappa shape index (κ3) is 6.81. The minimum atomic E-state index is -0.360. The Morgan fingerprint density at radius 1 is 1.24 bits per heavy atom. The number of ether oxygens (including phenoxy) is 1. The van der Waals surface area contributed by atoms with Crippen LogP contribution in [0, 0.1) is 5.92 Å². The fourth-order valence-electron chi connectivity index (χ4n) is 1.19. The molecule has 2 N–H and O–H groups in total. The highest BCUT2D eigenvalue weighted by Crippen LogP contribution is 2.06. The molecule has 0 saturated carbocycles. The van der Waals surface area contributed by atoms with Crippen molar-refractivity contribution in [2.24, 2.45) is 5.92 Å². The van der Waals surface area contributed by atoms with Crippen LogP contribution in [-0.2, 0) is 9.53 Å². The highest BCUT2D eigenvalue weighted by atomic mass is 16.5. The molecule has 2 amide bonds. The van der Waals surface area contributed by atoms with Gasteiger partial charge < -0.3 is 15.4 Å². The first-order chi connectivity index (χ1) is 7.67. The predicted molar refractivity (Wildman–Crippen MR) is 66.7 cm³/mol. The normalized spacial score (nSPS) is 14.7. The molecule has 5 nitrogen and oxygen atoms in total. The first-order valence-corrected chi connectivity index (χ1v) is 5.92. The molecule has 0 bridgehead atoms. The second-order valence-electron chi connectivity index (χ2n) is 5.18. The summed E-state index contributed by atoms with van der Waals surface area (Å²) in [5.41, 5.74) is -0.295. The van der Waals surface area contributed by atoms with Crippen molar-refractivity contribution in [2.45, 2.75) is 53.1 Å². The van der Waals surface area contributed by atoms with E-state index in [2.05, 4.69) is 10.6 Å². The molecule has 0 aromatic carbocycles. The summed E-state index contributed by atoms with van der Waals surface area (Å²) in [5, 5.41) is 5.50. The van der Waals surface area contributed by atoms with Crippen molar-refractivity contribution in [3.8, 4) is 0 Å². The number of hydrogen-bond donors (Lipinski definition) is 2. The Hall–Kier alpha value is -1.26. The molecule has 5 heteroatoms. The zero-order valence-electron chi connectivity index (χ0n) is 11.6. The van der Waals surface area contributed by atoms with E-state index in [-0.39, 0.29) is 29.5 Å². The zero-order chi connectivity index (χ0) is 13.6. The van der Waals surface area contributed by atoms with Gasteiger partial charge in [0.15, 0.2) is 0 Å². The number of amides is 2. The summed E-state index contributed by atoms with van der Waals surface area (Å²) < 4.78 is 4.90. The third-order valence-electron chi connectivity index (χ3n) is 2.26. The van der Waals surface area contributed by atoms with Gasteiger partial charge in [0.1, 0.15) is 0 Å². The van der Waals surface area contributed by atoms with Gasteiger partial charge in [0, 0.05) is 11.6 Å². The Bertz CT molecular complexity index is 271. The highest BCUT2D eigenvalue weighted by Gasteiger charge is 2.24. The van der Waals surface area contributed by atoms with E-state index in [0.29, 0.717) is 6.61 Å². The van der Waals surface area contributed by atoms with Crippen LogP contribution in [0.15, 0.2) is 0 Å². The van der Waals surface area contributed by atoms with Gasteiger partial charge in [-0.3, -0.25) is 4.79 Å². The van der Waals surface area contributed by atoms with E-state index in [1.807, 2.05) is 20.8 Å². The zero-order valence-corrected chi connectivity index (χ0v) is 11.6. The molecule has 0 aliphatic heterocycles. The molecule has 2 atom stereocenters. The average molecular weight is 244 g/mol. The second-order valence-corrected chi connectivity index (χ2v) is 5.18. The summed E-state index contributed by atoms with van der Waals surface area (Å²) in [6.45, 7) is 11.3. The summed E-state index contributed by atoms with van der Waals surface area (Å²) >= 11 is 0. The standard InChI is InChI=1S/C12H24N2O3/c1-7-17-10(15)8(2)9(3)13-11(16)14-12(4,5)6/h8-9H,7H2,1-6H3,(H2,13,14,16)/t8-,9+/m0/s1. The van der Waals surface area contributed by atoms with Gasteiger partial charge in [-0.2, -0.15) is 0 Å². The molecule has 0 unspecified atom stereocenters. The van der Waals surface area contributed by atoms with Crippen LogP contribution in [0.1, 0.15) is 41.5 Å². The lowest BCUT2D eigenvalue weighted by atomic mass is 10.0. The quantitative estimate of drug-likeness (QED) is 0.739. The summed E-state index contributed by atoms with van der Waals surface area (Å²) in [6, 6.07) is -0.544. The van der Waals surface area contributed by atoms with Gasteiger partial charge >= 0.3 is 12.0 Å². The van der Waals surface area contributed by atoms with Gasteiger partial charge in [-0.25, -0.2) is 4.79 Å². The SMILES string of the molecule is CCOC(=O)[C@@H](C)[C@@H](C)NC(=O)NC(C)(C)C. The van der Waals surface area contributed by atoms with E-state index >= 15 is 0 Å². The van der Waals surface area contributed by atoms with Crippen molar-refractivity contribution in [3.05, 3.63) is 0 Å². The maximum absolute atomic E-state index is 11.6. The van der Waals surface area contributed by atoms with Gasteiger partial charge in [-0.05, 0) is 41.5 Å². The van der Waals surface area contributed by atoms with Crippen LogP contribution in [0.2, 0.25) is 0 Å². The molecule has 0 radical (unpaired) electrons. The lowest BCUT2D eigenvalue weighted by molar-refractivity contribution is -0.148. The molecule has 0 aliphatic rings. The number of rotatable bonds is 4. The Morgan fingerprint density at radius 3 is 2.18 bits per heavy atom. The van der Waals surface area contributed by atoms with E-state index in [1.54, 1.807) is 20.8 Å². The molecule has 0 aromatic heterocycles. The molecule has 0 rings (SSSR count). The minimum Gasteiger partial charge on any atom is -0.466 e. The van der Waals surface area contributed by atoms with Gasteiger partial charge in [0.25, 0.3) is 0 Å². The van der Waals surface area contributed by atoms with Gasteiger partial charge in [0.05, 0.1) is 12.5 Å². The molecule has 0 fully saturated rings. The van der Waals surface area contributed by atoms with Gasteiger partial charge in [-0.15, -0.1) is 0 Å². The first-order valence-electron chi connectivity index (χ1n) is 5.92. The molecule has 100 valence electrons. The highest BCUT2D eigenvalue weighted by molar-refractivity contribution is 5.77. The maximum Gasteiger partial charge on any atom is 0.315 e. The van der Waals surface area contributed by atoms with Crippen molar-refractivity contribution >= 4 is 12.0 Å². The van der Waals surface area contributed by atoms with E-state index in [0.717, 1.165) is 0 Å². The van der Waals surface area contributed by atoms with Crippen LogP contribution in [0.5, 0.6) is 0 Å². The Balaban J connectivity index is 4.20. The third-order valence-corrected chi connectivity index (χ3v) is 2.26. The number of carbonyl (C=O) groups is 2. The van der Waals surface area contributed by atoms with Crippen molar-refractivity contribution in [2.75, 3.05) is 6.61 Å². The van der Waals surface area contributed by atoms with Crippen LogP contribution in [0.25, 0.3) is 0 Å². The lowest BCUT2D eigenvalue weighted by Gasteiger charge is -2.24. The molecule has 0 aliphatic carbocycles. The molecule has 0 aromatic rings. The summed E-state index contributed by atoms with van der Waals surface area (Å²) in [5.74, 6) is -0.656. The number of esters is 1. The molecule has 17 heavy (non-hydrogen) atoms. The fraction of sp³-hybridized carbons (Fsp3) is 0.833. The van der Waals surface area contributed by atoms with Crippen molar-refractivity contribution in [1.29, 1.82) is 0 Å². The molecule has 0 spiro atoms. The van der Waals surface area contributed by atoms with Crippen LogP contribution in [0.4, 0.5) is 4.79 Å². The van der Waals surface area contributed by atoms with E-state index < -0.39 is 0 Å². The summed E-state index contributed by atoms with van der Waals surface area (Å²) in [6.07, 6.45) is 0. The average Bonchev–Trinajstić information content (AvgIpc) is 2.13. The Morgan fingerprint density at radius 2 is 1.76 bits per heavy atom. The largest absolute Gasteiger partial charge is 0.466 e. The Labute approximate surface area is 103 Å². The topological polar surface area (TPSA) is 67.4 Å². The monoisotopic (exact) mass is 244 g/mol. The number of urea groups is 1. The van der Waals surface area contributed by atoms with E-state index in [9.17, 15) is 9.59 Å². The van der Waals surface area contributed by atoms with Crippen LogP contribution in [0.3, 0.4) is 0 Å². The van der Waals surface area contributed by atoms with Crippen LogP contribution in [-0.4, -0.2) is 30.2 Å². The smallest absolute Gasteiger partial charge is 0.315 e. The van der Waals surface area contributed by atoms with E-state index in [4.69, 9.17) is 4.74 Å². The summed E-state index contributed by atoms with van der Waals surface area (Å²) in [7, 11) is 0. The van der Waals surface area contributed by atoms with Crippen molar-refractivity contribution in [1.82, 2.24) is 10.6 Å². The first kappa shape index (κ1) is 15.7. The fourth-order valence-corrected chi connectivity index (χ4v) is 1.19. The maximum atomic E-state index is 11.6. The Kier molecular flexibility index (Phi) is 5.99. The molecular formula is C12H24N2O3. The van der Waals surface area contributed by atoms with Crippen molar-refractivity contribution < 1.29 is 14.3 Å². The van der Waals surface area contributed by atoms with E-state index in [1.165, 1.54) is 0 Å². The molecule has 0 heterocycles. The second kappa shape index (κ2) is 6.47. The van der Waals surface area contributed by atoms with Crippen LogP contribution < -0.4 is 10.6 Å².